The molecule has 0 aliphatic carbocycles. The number of fused-ring (bicyclic) bond motifs is 1. The van der Waals surface area contributed by atoms with Crippen molar-refractivity contribution in [2.24, 2.45) is 0 Å². The molecule has 2 nitrogen and oxygen atoms in total. The highest BCUT2D eigenvalue weighted by Crippen LogP contribution is 2.35. The maximum atomic E-state index is 12.3. The van der Waals surface area contributed by atoms with Crippen LogP contribution < -0.4 is 10.1 Å². The van der Waals surface area contributed by atoms with Gasteiger partial charge in [0, 0.05) is 6.54 Å². The Bertz CT molecular complexity index is 354. The summed E-state index contributed by atoms with van der Waals surface area (Å²) in [7, 11) is 0. The van der Waals surface area contributed by atoms with Crippen LogP contribution in [0.1, 0.15) is 5.56 Å². The highest BCUT2D eigenvalue weighted by Gasteiger charge is 2.31. The van der Waals surface area contributed by atoms with Crippen LogP contribution in [0.5, 0.6) is 5.75 Å². The average molecular weight is 240 g/mol. The van der Waals surface area contributed by atoms with Crippen LogP contribution in [-0.2, 0) is 6.18 Å². The Kier molecular flexibility index (Phi) is 3.34. The molecule has 1 aromatic carbocycles. The fourth-order valence-corrected chi connectivity index (χ4v) is 1.31. The predicted octanol–water partition coefficient (Wildman–Crippen LogP) is 2.93. The molecule has 1 aliphatic heterocycles. The summed E-state index contributed by atoms with van der Waals surface area (Å²) < 4.78 is 41.9. The van der Waals surface area contributed by atoms with Crippen molar-refractivity contribution < 1.29 is 17.9 Å². The van der Waals surface area contributed by atoms with Crippen LogP contribution in [0.15, 0.2) is 18.2 Å². The normalized spacial score (nSPS) is 14.3. The third-order valence-corrected chi connectivity index (χ3v) is 1.98. The monoisotopic (exact) mass is 239 g/mol. The molecule has 0 unspecified atom stereocenters. The second-order valence-electron chi connectivity index (χ2n) is 2.98. The van der Waals surface area contributed by atoms with E-state index in [1.807, 2.05) is 0 Å². The summed E-state index contributed by atoms with van der Waals surface area (Å²) in [5.41, 5.74) is -0.0656. The summed E-state index contributed by atoms with van der Waals surface area (Å²) in [6, 6.07) is 3.44. The van der Waals surface area contributed by atoms with Gasteiger partial charge in [0.1, 0.15) is 12.4 Å². The second kappa shape index (κ2) is 4.18. The summed E-state index contributed by atoms with van der Waals surface area (Å²) in [5, 5.41) is 2.95. The fraction of sp³-hybridized carbons (Fsp3) is 0.333. The number of anilines is 1. The van der Waals surface area contributed by atoms with Gasteiger partial charge in [-0.25, -0.2) is 0 Å². The Balaban J connectivity index is 0.00000112. The molecule has 2 rings (SSSR count). The lowest BCUT2D eigenvalue weighted by molar-refractivity contribution is -0.137. The summed E-state index contributed by atoms with van der Waals surface area (Å²) in [4.78, 5) is 0. The van der Waals surface area contributed by atoms with Crippen LogP contribution in [0.3, 0.4) is 0 Å². The van der Waals surface area contributed by atoms with Crippen molar-refractivity contribution in [3.8, 4) is 5.75 Å². The van der Waals surface area contributed by atoms with Gasteiger partial charge in [-0.1, -0.05) is 0 Å². The minimum Gasteiger partial charge on any atom is -0.490 e. The minimum absolute atomic E-state index is 0. The molecule has 0 saturated carbocycles. The van der Waals surface area contributed by atoms with E-state index in [2.05, 4.69) is 5.32 Å². The Morgan fingerprint density at radius 3 is 2.67 bits per heavy atom. The van der Waals surface area contributed by atoms with E-state index in [0.29, 0.717) is 18.8 Å². The number of nitrogens with one attached hydrogen (secondary N) is 1. The van der Waals surface area contributed by atoms with Gasteiger partial charge in [0.15, 0.2) is 0 Å². The Morgan fingerprint density at radius 2 is 2.00 bits per heavy atom. The summed E-state index contributed by atoms with van der Waals surface area (Å²) >= 11 is 0. The highest BCUT2D eigenvalue weighted by atomic mass is 35.5. The van der Waals surface area contributed by atoms with Crippen molar-refractivity contribution >= 4 is 18.1 Å². The standard InChI is InChI=1S/C9H8F3NO.ClH/c10-9(11,12)6-1-2-7-8(5-6)14-4-3-13-7;/h1-2,5,13H,3-4H2;1H. The van der Waals surface area contributed by atoms with Crippen molar-refractivity contribution in [1.29, 1.82) is 0 Å². The number of rotatable bonds is 0. The van der Waals surface area contributed by atoms with Crippen LogP contribution in [0.25, 0.3) is 0 Å². The van der Waals surface area contributed by atoms with Gasteiger partial charge in [-0.3, -0.25) is 0 Å². The second-order valence-corrected chi connectivity index (χ2v) is 2.98. The average Bonchev–Trinajstić information content (AvgIpc) is 2.16. The van der Waals surface area contributed by atoms with Gasteiger partial charge < -0.3 is 10.1 Å². The number of alkyl halides is 3. The number of halogens is 4. The molecule has 0 spiro atoms. The van der Waals surface area contributed by atoms with Gasteiger partial charge >= 0.3 is 6.18 Å². The van der Waals surface area contributed by atoms with E-state index in [1.54, 1.807) is 0 Å². The maximum Gasteiger partial charge on any atom is 0.416 e. The van der Waals surface area contributed by atoms with Gasteiger partial charge in [-0.2, -0.15) is 13.2 Å². The topological polar surface area (TPSA) is 21.3 Å². The van der Waals surface area contributed by atoms with E-state index in [9.17, 15) is 13.2 Å². The van der Waals surface area contributed by atoms with Crippen LogP contribution >= 0.6 is 12.4 Å². The highest BCUT2D eigenvalue weighted by molar-refractivity contribution is 5.85. The zero-order valence-electron chi connectivity index (χ0n) is 7.60. The summed E-state index contributed by atoms with van der Waals surface area (Å²) in [6.45, 7) is 1.02. The Hall–Kier alpha value is -1.10. The Morgan fingerprint density at radius 1 is 1.27 bits per heavy atom. The predicted molar refractivity (Wildman–Crippen MR) is 52.7 cm³/mol. The van der Waals surface area contributed by atoms with E-state index in [0.717, 1.165) is 12.1 Å². The van der Waals surface area contributed by atoms with E-state index in [1.165, 1.54) is 6.07 Å². The number of hydrogen-bond donors (Lipinski definition) is 1. The SMILES string of the molecule is Cl.FC(F)(F)c1ccc2c(c1)OCCN2. The van der Waals surface area contributed by atoms with E-state index in [4.69, 9.17) is 4.74 Å². The minimum atomic E-state index is -4.31. The lowest BCUT2D eigenvalue weighted by atomic mass is 10.1. The zero-order valence-corrected chi connectivity index (χ0v) is 8.41. The largest absolute Gasteiger partial charge is 0.490 e. The lowest BCUT2D eigenvalue weighted by Gasteiger charge is -2.20. The van der Waals surface area contributed by atoms with E-state index in [-0.39, 0.29) is 18.2 Å². The molecule has 15 heavy (non-hydrogen) atoms. The van der Waals surface area contributed by atoms with E-state index >= 15 is 0 Å². The molecule has 0 amide bonds. The molecular weight excluding hydrogens is 231 g/mol. The fourth-order valence-electron chi connectivity index (χ4n) is 1.31. The van der Waals surface area contributed by atoms with Crippen LogP contribution in [0.2, 0.25) is 0 Å². The molecule has 1 aromatic rings. The molecule has 1 aliphatic rings. The van der Waals surface area contributed by atoms with Crippen LogP contribution in [0, 0.1) is 0 Å². The molecule has 1 heterocycles. The first-order valence-corrected chi connectivity index (χ1v) is 4.15. The van der Waals surface area contributed by atoms with Crippen molar-refractivity contribution in [3.63, 3.8) is 0 Å². The Labute approximate surface area is 90.8 Å². The van der Waals surface area contributed by atoms with Gasteiger partial charge in [0.25, 0.3) is 0 Å². The van der Waals surface area contributed by atoms with Gasteiger partial charge in [-0.05, 0) is 18.2 Å². The molecule has 0 saturated heterocycles. The van der Waals surface area contributed by atoms with Crippen molar-refractivity contribution in [3.05, 3.63) is 23.8 Å². The molecule has 0 atom stereocenters. The number of ether oxygens (including phenoxy) is 1. The van der Waals surface area contributed by atoms with Crippen LogP contribution in [-0.4, -0.2) is 13.2 Å². The molecule has 6 heteroatoms. The smallest absolute Gasteiger partial charge is 0.416 e. The number of hydrogen-bond acceptors (Lipinski definition) is 2. The summed E-state index contributed by atoms with van der Waals surface area (Å²) in [6.07, 6.45) is -4.31. The molecule has 0 bridgehead atoms. The van der Waals surface area contributed by atoms with Gasteiger partial charge in [0.2, 0.25) is 0 Å². The quantitative estimate of drug-likeness (QED) is 0.752. The van der Waals surface area contributed by atoms with Crippen LogP contribution in [0.4, 0.5) is 18.9 Å². The molecule has 0 aromatic heterocycles. The first kappa shape index (κ1) is 12.0. The molecule has 84 valence electrons. The third kappa shape index (κ3) is 2.47. The first-order valence-electron chi connectivity index (χ1n) is 4.15. The summed E-state index contributed by atoms with van der Waals surface area (Å²) in [5.74, 6) is 0.270. The van der Waals surface area contributed by atoms with Crippen molar-refractivity contribution in [1.82, 2.24) is 0 Å². The molecule has 1 N–H and O–H groups in total. The van der Waals surface area contributed by atoms with Crippen molar-refractivity contribution in [2.45, 2.75) is 6.18 Å². The maximum absolute atomic E-state index is 12.3. The lowest BCUT2D eigenvalue weighted by Crippen LogP contribution is -2.18. The first-order chi connectivity index (χ1) is 6.57. The number of benzene rings is 1. The molecule has 0 fully saturated rings. The molecule has 0 radical (unpaired) electrons. The van der Waals surface area contributed by atoms with E-state index < -0.39 is 11.7 Å². The van der Waals surface area contributed by atoms with Crippen molar-refractivity contribution in [2.75, 3.05) is 18.5 Å². The van der Waals surface area contributed by atoms with Gasteiger partial charge in [-0.15, -0.1) is 12.4 Å². The molecular formula is C9H9ClF3NO. The van der Waals surface area contributed by atoms with Gasteiger partial charge in [0.05, 0.1) is 11.3 Å². The zero-order chi connectivity index (χ0) is 10.2. The third-order valence-electron chi connectivity index (χ3n) is 1.98.